The van der Waals surface area contributed by atoms with Gasteiger partial charge in [-0.05, 0) is 17.7 Å². The topological polar surface area (TPSA) is 66.8 Å². The van der Waals surface area contributed by atoms with Crippen molar-refractivity contribution in [2.75, 3.05) is 7.11 Å². The molecule has 0 spiro atoms. The minimum absolute atomic E-state index is 0.387. The van der Waals surface area contributed by atoms with Gasteiger partial charge in [-0.15, -0.1) is 0 Å². The molecule has 2 N–H and O–H groups in total. The first-order valence-corrected chi connectivity index (χ1v) is 7.56. The van der Waals surface area contributed by atoms with Crippen LogP contribution in [0.25, 0.3) is 11.1 Å². The molecule has 112 valence electrons. The largest absolute Gasteiger partial charge is 0.496 e. The van der Waals surface area contributed by atoms with E-state index in [1.165, 1.54) is 13.2 Å². The van der Waals surface area contributed by atoms with Crippen molar-refractivity contribution >= 4 is 7.60 Å². The van der Waals surface area contributed by atoms with E-state index in [-0.39, 0.29) is 0 Å². The molecule has 0 aliphatic heterocycles. The molecule has 2 aromatic carbocycles. The zero-order valence-electron chi connectivity index (χ0n) is 11.0. The lowest BCUT2D eigenvalue weighted by atomic mass is 10.0. The lowest BCUT2D eigenvalue weighted by Crippen LogP contribution is -2.13. The van der Waals surface area contributed by atoms with Crippen LogP contribution in [0.5, 0.6) is 5.75 Å². The summed E-state index contributed by atoms with van der Waals surface area (Å²) in [5, 5.41) is 0. The van der Waals surface area contributed by atoms with Crippen molar-refractivity contribution in [3.05, 3.63) is 54.1 Å². The van der Waals surface area contributed by atoms with Crippen molar-refractivity contribution in [3.8, 4) is 16.9 Å². The smallest absolute Gasteiger partial charge is 0.399 e. The average Bonchev–Trinajstić information content (AvgIpc) is 2.46. The maximum absolute atomic E-state index is 13.7. The molecule has 0 unspecified atom stereocenters. The van der Waals surface area contributed by atoms with E-state index in [1.54, 1.807) is 30.3 Å². The van der Waals surface area contributed by atoms with Crippen LogP contribution in [0, 0.1) is 0 Å². The minimum atomic E-state index is -5.59. The Balaban J connectivity index is 2.55. The average molecular weight is 314 g/mol. The Bertz CT molecular complexity index is 697. The summed E-state index contributed by atoms with van der Waals surface area (Å²) < 4.78 is 43.6. The summed E-state index contributed by atoms with van der Waals surface area (Å²) in [6.45, 7) is 0. The van der Waals surface area contributed by atoms with Crippen molar-refractivity contribution in [2.24, 2.45) is 0 Å². The summed E-state index contributed by atoms with van der Waals surface area (Å²) >= 11 is 0. The SMILES string of the molecule is COc1ccccc1-c1cccc(C(F)(F)P(=O)(O)O)c1. The van der Waals surface area contributed by atoms with Crippen LogP contribution in [0.2, 0.25) is 0 Å². The first-order chi connectivity index (χ1) is 9.77. The third kappa shape index (κ3) is 2.97. The van der Waals surface area contributed by atoms with Crippen molar-refractivity contribution < 1.29 is 27.9 Å². The molecule has 4 nitrogen and oxygen atoms in total. The highest BCUT2D eigenvalue weighted by molar-refractivity contribution is 7.52. The second-order valence-corrected chi connectivity index (χ2v) is 6.02. The fourth-order valence-corrected chi connectivity index (χ4v) is 2.40. The van der Waals surface area contributed by atoms with E-state index in [4.69, 9.17) is 14.5 Å². The molecule has 0 saturated heterocycles. The fraction of sp³-hybridized carbons (Fsp3) is 0.143. The van der Waals surface area contributed by atoms with Crippen LogP contribution in [0.3, 0.4) is 0 Å². The molecule has 0 aromatic heterocycles. The van der Waals surface area contributed by atoms with Gasteiger partial charge in [0.05, 0.1) is 7.11 Å². The van der Waals surface area contributed by atoms with Crippen molar-refractivity contribution in [1.29, 1.82) is 0 Å². The number of halogens is 2. The zero-order valence-corrected chi connectivity index (χ0v) is 11.9. The van der Waals surface area contributed by atoms with Crippen molar-refractivity contribution in [2.45, 2.75) is 5.66 Å². The lowest BCUT2D eigenvalue weighted by molar-refractivity contribution is 0.0565. The van der Waals surface area contributed by atoms with E-state index in [0.29, 0.717) is 16.9 Å². The van der Waals surface area contributed by atoms with Gasteiger partial charge in [0.2, 0.25) is 0 Å². The van der Waals surface area contributed by atoms with E-state index in [1.807, 2.05) is 0 Å². The number of alkyl halides is 2. The lowest BCUT2D eigenvalue weighted by Gasteiger charge is -2.19. The third-order valence-electron chi connectivity index (χ3n) is 2.99. The van der Waals surface area contributed by atoms with Gasteiger partial charge in [-0.25, -0.2) is 0 Å². The summed E-state index contributed by atoms with van der Waals surface area (Å²) in [4.78, 5) is 17.6. The maximum Gasteiger partial charge on any atom is 0.399 e. The van der Waals surface area contributed by atoms with Gasteiger partial charge in [0, 0.05) is 11.1 Å². The highest BCUT2D eigenvalue weighted by Gasteiger charge is 2.50. The first kappa shape index (κ1) is 15.6. The molecule has 0 amide bonds. The predicted molar refractivity (Wildman–Crippen MR) is 74.4 cm³/mol. The van der Waals surface area contributed by atoms with Crippen LogP contribution in [0.15, 0.2) is 48.5 Å². The molecule has 0 atom stereocenters. The van der Waals surface area contributed by atoms with Crippen LogP contribution >= 0.6 is 7.60 Å². The van der Waals surface area contributed by atoms with Gasteiger partial charge in [-0.1, -0.05) is 36.4 Å². The summed E-state index contributed by atoms with van der Waals surface area (Å²) in [6, 6.07) is 11.7. The highest BCUT2D eigenvalue weighted by atomic mass is 31.2. The van der Waals surface area contributed by atoms with Crippen LogP contribution in [-0.4, -0.2) is 16.9 Å². The van der Waals surface area contributed by atoms with E-state index in [0.717, 1.165) is 12.1 Å². The molecular weight excluding hydrogens is 301 g/mol. The van der Waals surface area contributed by atoms with Crippen LogP contribution in [0.4, 0.5) is 8.78 Å². The van der Waals surface area contributed by atoms with E-state index in [2.05, 4.69) is 0 Å². The molecular formula is C14H13F2O4P. The molecule has 21 heavy (non-hydrogen) atoms. The second kappa shape index (κ2) is 5.56. The Hall–Kier alpha value is -1.75. The molecule has 0 fully saturated rings. The van der Waals surface area contributed by atoms with E-state index in [9.17, 15) is 13.3 Å². The van der Waals surface area contributed by atoms with Gasteiger partial charge in [-0.2, -0.15) is 8.78 Å². The number of ether oxygens (including phenoxy) is 1. The van der Waals surface area contributed by atoms with Gasteiger partial charge in [0.1, 0.15) is 5.75 Å². The highest BCUT2D eigenvalue weighted by Crippen LogP contribution is 2.59. The zero-order chi connectivity index (χ0) is 15.7. The van der Waals surface area contributed by atoms with Crippen molar-refractivity contribution in [3.63, 3.8) is 0 Å². The van der Waals surface area contributed by atoms with Crippen LogP contribution < -0.4 is 4.74 Å². The monoisotopic (exact) mass is 314 g/mol. The molecule has 0 saturated carbocycles. The predicted octanol–water partition coefficient (Wildman–Crippen LogP) is 3.59. The number of benzene rings is 2. The molecule has 0 bridgehead atoms. The molecule has 2 rings (SSSR count). The summed E-state index contributed by atoms with van der Waals surface area (Å²) in [7, 11) is -4.13. The normalized spacial score (nSPS) is 12.2. The third-order valence-corrected chi connectivity index (χ3v) is 3.98. The Morgan fingerprint density at radius 1 is 1.10 bits per heavy atom. The van der Waals surface area contributed by atoms with Crippen molar-refractivity contribution in [1.82, 2.24) is 0 Å². The number of rotatable bonds is 4. The number of hydrogen-bond donors (Lipinski definition) is 2. The van der Waals surface area contributed by atoms with E-state index < -0.39 is 18.8 Å². The molecule has 0 heterocycles. The Labute approximate surface area is 120 Å². The number of para-hydroxylation sites is 1. The van der Waals surface area contributed by atoms with Crippen LogP contribution in [-0.2, 0) is 10.2 Å². The quantitative estimate of drug-likeness (QED) is 0.846. The van der Waals surface area contributed by atoms with Gasteiger partial charge < -0.3 is 14.5 Å². The van der Waals surface area contributed by atoms with Gasteiger partial charge in [0.15, 0.2) is 0 Å². The Morgan fingerprint density at radius 2 is 1.76 bits per heavy atom. The standard InChI is InChI=1S/C14H13F2O4P/c1-20-13-8-3-2-7-12(13)10-5-4-6-11(9-10)14(15,16)21(17,18)19/h2-9H,1H3,(H2,17,18,19). The molecule has 0 aliphatic rings. The summed E-state index contributed by atoms with van der Waals surface area (Å²) in [6.07, 6.45) is 0. The number of methoxy groups -OCH3 is 1. The maximum atomic E-state index is 13.7. The Kier molecular flexibility index (Phi) is 4.14. The van der Waals surface area contributed by atoms with Gasteiger partial charge in [0.25, 0.3) is 0 Å². The summed E-state index contributed by atoms with van der Waals surface area (Å²) in [5.74, 6) is 0.481. The minimum Gasteiger partial charge on any atom is -0.496 e. The van der Waals surface area contributed by atoms with E-state index >= 15 is 0 Å². The summed E-state index contributed by atoms with van der Waals surface area (Å²) in [5.41, 5.74) is -4.02. The number of hydrogen-bond acceptors (Lipinski definition) is 2. The van der Waals surface area contributed by atoms with Gasteiger partial charge >= 0.3 is 13.3 Å². The Morgan fingerprint density at radius 3 is 2.38 bits per heavy atom. The molecule has 7 heteroatoms. The fourth-order valence-electron chi connectivity index (χ4n) is 1.93. The second-order valence-electron chi connectivity index (χ2n) is 4.37. The first-order valence-electron chi connectivity index (χ1n) is 5.95. The van der Waals surface area contributed by atoms with Gasteiger partial charge in [-0.3, -0.25) is 4.57 Å². The molecule has 2 aromatic rings. The molecule has 0 radical (unpaired) electrons. The van der Waals surface area contributed by atoms with Crippen LogP contribution in [0.1, 0.15) is 5.56 Å². The molecule has 0 aliphatic carbocycles.